The van der Waals surface area contributed by atoms with E-state index in [1.807, 2.05) is 0 Å². The lowest BCUT2D eigenvalue weighted by Crippen LogP contribution is -2.41. The van der Waals surface area contributed by atoms with Crippen molar-refractivity contribution < 1.29 is 23.4 Å². The van der Waals surface area contributed by atoms with E-state index in [-0.39, 0.29) is 17.1 Å². The number of hydrogen-bond acceptors (Lipinski definition) is 9. The molecule has 44 heavy (non-hydrogen) atoms. The molecule has 1 fully saturated rings. The molecule has 11 nitrogen and oxygen atoms in total. The fourth-order valence-corrected chi connectivity index (χ4v) is 6.25. The van der Waals surface area contributed by atoms with Gasteiger partial charge in [0.25, 0.3) is 0 Å². The Labute approximate surface area is 263 Å². The highest BCUT2D eigenvalue weighted by Gasteiger charge is 2.38. The van der Waals surface area contributed by atoms with Gasteiger partial charge in [-0.2, -0.15) is 5.26 Å². The maximum Gasteiger partial charge on any atom is 0.328 e. The molecule has 1 atom stereocenters. The van der Waals surface area contributed by atoms with Gasteiger partial charge in [0.2, 0.25) is 6.29 Å². The summed E-state index contributed by atoms with van der Waals surface area (Å²) in [5.74, 6) is 1.27. The third-order valence-corrected chi connectivity index (χ3v) is 13.6. The van der Waals surface area contributed by atoms with E-state index in [4.69, 9.17) is 23.6 Å². The standard InChI is InChI=1S/C32H48N6O5Si/c1-32(2,3)44(7,8)43-20-23-16-22-12-11-15-38(29(22)36-28(23)30(40-5)41-6)31(39)35-27-17-26(24(18-33)19-34-27)42-21-25-13-9-10-14-37(25)4/h16-17,19,25,30H,9-15,20-21H2,1-8H3,(H,34,35,39). The first-order valence-electron chi connectivity index (χ1n) is 15.4. The zero-order valence-corrected chi connectivity index (χ0v) is 28.5. The Hall–Kier alpha value is -3.08. The third kappa shape index (κ3) is 7.76. The largest absolute Gasteiger partial charge is 0.490 e. The van der Waals surface area contributed by atoms with Crippen LogP contribution in [0.5, 0.6) is 5.75 Å². The second kappa shape index (κ2) is 14.3. The number of likely N-dealkylation sites (tertiary alicyclic amines) is 1. The number of nitrogens with zero attached hydrogens (tertiary/aromatic N) is 5. The molecular formula is C32H48N6O5Si. The molecule has 0 bridgehead atoms. The molecule has 2 amide bonds. The van der Waals surface area contributed by atoms with Gasteiger partial charge < -0.3 is 23.5 Å². The summed E-state index contributed by atoms with van der Waals surface area (Å²) in [4.78, 5) is 26.8. The van der Waals surface area contributed by atoms with Crippen molar-refractivity contribution in [1.82, 2.24) is 14.9 Å². The molecule has 240 valence electrons. The molecular weight excluding hydrogens is 576 g/mol. The van der Waals surface area contributed by atoms with Gasteiger partial charge in [0.05, 0.1) is 12.8 Å². The van der Waals surface area contributed by atoms with Crippen molar-refractivity contribution in [2.75, 3.05) is 51.2 Å². The highest BCUT2D eigenvalue weighted by molar-refractivity contribution is 6.74. The van der Waals surface area contributed by atoms with Crippen molar-refractivity contribution in [2.45, 2.75) is 89.9 Å². The molecule has 12 heteroatoms. The van der Waals surface area contributed by atoms with Gasteiger partial charge in [-0.15, -0.1) is 0 Å². The number of urea groups is 1. The second-order valence-corrected chi connectivity index (χ2v) is 18.0. The average molecular weight is 625 g/mol. The first kappa shape index (κ1) is 33.8. The van der Waals surface area contributed by atoms with Crippen molar-refractivity contribution >= 4 is 26.0 Å². The lowest BCUT2D eigenvalue weighted by Gasteiger charge is -2.36. The maximum atomic E-state index is 13.7. The van der Waals surface area contributed by atoms with Crippen molar-refractivity contribution in [3.63, 3.8) is 0 Å². The van der Waals surface area contributed by atoms with Crippen LogP contribution in [0.2, 0.25) is 18.1 Å². The molecule has 1 saturated heterocycles. The van der Waals surface area contributed by atoms with Crippen LogP contribution in [0.4, 0.5) is 16.4 Å². The summed E-state index contributed by atoms with van der Waals surface area (Å²) in [5, 5.41) is 12.6. The number of anilines is 2. The number of piperidine rings is 1. The SMILES string of the molecule is COC(OC)c1nc2c(cc1CO[Si](C)(C)C(C)(C)C)CCCN2C(=O)Nc1cc(OCC2CCCCN2C)c(C#N)cn1. The van der Waals surface area contributed by atoms with E-state index in [9.17, 15) is 10.1 Å². The number of likely N-dealkylation sites (N-methyl/N-ethyl adjacent to an activating group) is 1. The Kier molecular flexibility index (Phi) is 11.0. The molecule has 0 spiro atoms. The summed E-state index contributed by atoms with van der Waals surface area (Å²) in [6.07, 6.45) is 5.68. The smallest absolute Gasteiger partial charge is 0.328 e. The Morgan fingerprint density at radius 3 is 2.59 bits per heavy atom. The number of fused-ring (bicyclic) bond motifs is 1. The number of rotatable bonds is 10. The fourth-order valence-electron chi connectivity index (χ4n) is 5.30. The topological polar surface area (TPSA) is 122 Å². The van der Waals surface area contributed by atoms with Gasteiger partial charge >= 0.3 is 6.03 Å². The lowest BCUT2D eigenvalue weighted by molar-refractivity contribution is -0.109. The Morgan fingerprint density at radius 2 is 1.93 bits per heavy atom. The zero-order chi connectivity index (χ0) is 32.1. The summed E-state index contributed by atoms with van der Waals surface area (Å²) >= 11 is 0. The number of carbonyl (C=O) groups excluding carboxylic acids is 1. The molecule has 0 aromatic carbocycles. The van der Waals surface area contributed by atoms with Crippen LogP contribution >= 0.6 is 0 Å². The molecule has 2 aromatic heterocycles. The number of methoxy groups -OCH3 is 2. The number of aromatic nitrogens is 2. The zero-order valence-electron chi connectivity index (χ0n) is 27.5. The molecule has 1 N–H and O–H groups in total. The molecule has 0 aliphatic carbocycles. The summed E-state index contributed by atoms with van der Waals surface area (Å²) in [6, 6.07) is 5.76. The minimum absolute atomic E-state index is 0.0577. The molecule has 1 unspecified atom stereocenters. The van der Waals surface area contributed by atoms with Gasteiger partial charge in [0.15, 0.2) is 8.32 Å². The minimum Gasteiger partial charge on any atom is -0.490 e. The number of nitrogens with one attached hydrogen (secondary N) is 1. The van der Waals surface area contributed by atoms with Gasteiger partial charge in [-0.25, -0.2) is 14.8 Å². The number of amides is 2. The van der Waals surface area contributed by atoms with Crippen LogP contribution in [-0.4, -0.2) is 76.2 Å². The van der Waals surface area contributed by atoms with E-state index in [1.165, 1.54) is 12.6 Å². The normalized spacial score (nSPS) is 17.7. The lowest BCUT2D eigenvalue weighted by atomic mass is 10.0. The highest BCUT2D eigenvalue weighted by atomic mass is 28.4. The maximum absolute atomic E-state index is 13.7. The Bertz CT molecular complexity index is 1350. The first-order valence-corrected chi connectivity index (χ1v) is 18.3. The number of ether oxygens (including phenoxy) is 3. The highest BCUT2D eigenvalue weighted by Crippen LogP contribution is 2.38. The molecule has 4 heterocycles. The van der Waals surface area contributed by atoms with Gasteiger partial charge in [-0.05, 0) is 69.0 Å². The predicted octanol–water partition coefficient (Wildman–Crippen LogP) is 6.01. The molecule has 4 rings (SSSR count). The summed E-state index contributed by atoms with van der Waals surface area (Å²) in [5.41, 5.74) is 2.77. The van der Waals surface area contributed by atoms with Crippen LogP contribution in [0, 0.1) is 11.3 Å². The van der Waals surface area contributed by atoms with Crippen LogP contribution < -0.4 is 15.0 Å². The number of hydrogen-bond donors (Lipinski definition) is 1. The first-order chi connectivity index (χ1) is 20.9. The summed E-state index contributed by atoms with van der Waals surface area (Å²) in [7, 11) is 3.21. The number of carbonyl (C=O) groups is 1. The third-order valence-electron chi connectivity index (χ3n) is 9.14. The van der Waals surface area contributed by atoms with E-state index in [2.05, 4.69) is 68.2 Å². The van der Waals surface area contributed by atoms with Crippen molar-refractivity contribution in [2.24, 2.45) is 0 Å². The predicted molar refractivity (Wildman–Crippen MR) is 172 cm³/mol. The van der Waals surface area contributed by atoms with Crippen molar-refractivity contribution in [3.05, 3.63) is 40.7 Å². The average Bonchev–Trinajstić information content (AvgIpc) is 2.99. The van der Waals surface area contributed by atoms with Crippen molar-refractivity contribution in [3.8, 4) is 11.8 Å². The van der Waals surface area contributed by atoms with E-state index in [0.29, 0.717) is 48.4 Å². The monoisotopic (exact) mass is 624 g/mol. The quantitative estimate of drug-likeness (QED) is 0.250. The number of pyridine rings is 2. The minimum atomic E-state index is -2.03. The molecule has 0 saturated carbocycles. The van der Waals surface area contributed by atoms with Gasteiger partial charge in [-0.3, -0.25) is 10.2 Å². The van der Waals surface area contributed by atoms with Crippen LogP contribution in [0.3, 0.4) is 0 Å². The fraction of sp³-hybridized carbons (Fsp3) is 0.625. The molecule has 2 aliphatic heterocycles. The molecule has 2 aromatic rings. The molecule has 0 radical (unpaired) electrons. The number of nitriles is 1. The van der Waals surface area contributed by atoms with Crippen LogP contribution in [-0.2, 0) is 26.9 Å². The van der Waals surface area contributed by atoms with Crippen molar-refractivity contribution in [1.29, 1.82) is 5.26 Å². The van der Waals surface area contributed by atoms with Gasteiger partial charge in [0.1, 0.15) is 41.3 Å². The van der Waals surface area contributed by atoms with Gasteiger partial charge in [0, 0.05) is 38.4 Å². The van der Waals surface area contributed by atoms with E-state index in [1.54, 1.807) is 25.2 Å². The Morgan fingerprint density at radius 1 is 1.18 bits per heavy atom. The van der Waals surface area contributed by atoms with Gasteiger partial charge in [-0.1, -0.05) is 27.2 Å². The van der Waals surface area contributed by atoms with E-state index < -0.39 is 14.6 Å². The number of aryl methyl sites for hydroxylation is 1. The Balaban J connectivity index is 1.56. The summed E-state index contributed by atoms with van der Waals surface area (Å²) < 4.78 is 23.9. The van der Waals surface area contributed by atoms with Crippen LogP contribution in [0.1, 0.15) is 75.1 Å². The van der Waals surface area contributed by atoms with E-state index >= 15 is 0 Å². The van der Waals surface area contributed by atoms with Crippen LogP contribution in [0.25, 0.3) is 0 Å². The van der Waals surface area contributed by atoms with E-state index in [0.717, 1.165) is 43.4 Å². The van der Waals surface area contributed by atoms with Crippen LogP contribution in [0.15, 0.2) is 18.3 Å². The molecule has 2 aliphatic rings. The second-order valence-electron chi connectivity index (χ2n) is 13.2. The summed E-state index contributed by atoms with van der Waals surface area (Å²) in [6.45, 7) is 13.4.